The molecule has 1 unspecified atom stereocenters. The fourth-order valence-electron chi connectivity index (χ4n) is 3.65. The van der Waals surface area contributed by atoms with Gasteiger partial charge in [0.1, 0.15) is 18.2 Å². The SMILES string of the molecule is CCCCCNC(=O)C(c1ccc(C)cc1)N(C(=O)CNC(=O)OC(C)(C)C)C1CCC1. The zero-order chi connectivity index (χ0) is 23.7. The number of carbonyl (C=O) groups is 3. The summed E-state index contributed by atoms with van der Waals surface area (Å²) >= 11 is 0. The molecule has 0 spiro atoms. The summed E-state index contributed by atoms with van der Waals surface area (Å²) in [4.78, 5) is 40.3. The molecule has 0 aliphatic heterocycles. The quantitative estimate of drug-likeness (QED) is 0.527. The molecule has 0 aromatic heterocycles. The first-order chi connectivity index (χ1) is 15.1. The van der Waals surface area contributed by atoms with Crippen LogP contribution >= 0.6 is 0 Å². The number of aryl methyl sites for hydroxylation is 1. The van der Waals surface area contributed by atoms with Crippen LogP contribution < -0.4 is 10.6 Å². The van der Waals surface area contributed by atoms with Crippen molar-refractivity contribution in [2.45, 2.75) is 90.8 Å². The first-order valence-corrected chi connectivity index (χ1v) is 11.7. The van der Waals surface area contributed by atoms with Crippen molar-refractivity contribution in [1.29, 1.82) is 0 Å². The second-order valence-corrected chi connectivity index (χ2v) is 9.55. The molecule has 32 heavy (non-hydrogen) atoms. The molecule has 3 amide bonds. The second-order valence-electron chi connectivity index (χ2n) is 9.55. The maximum absolute atomic E-state index is 13.3. The van der Waals surface area contributed by atoms with Crippen LogP contribution in [0.2, 0.25) is 0 Å². The molecule has 1 atom stereocenters. The van der Waals surface area contributed by atoms with E-state index in [1.54, 1.807) is 25.7 Å². The summed E-state index contributed by atoms with van der Waals surface area (Å²) in [6, 6.07) is 6.98. The van der Waals surface area contributed by atoms with Gasteiger partial charge >= 0.3 is 6.09 Å². The van der Waals surface area contributed by atoms with Crippen molar-refractivity contribution >= 4 is 17.9 Å². The van der Waals surface area contributed by atoms with Crippen LogP contribution in [-0.4, -0.2) is 47.5 Å². The van der Waals surface area contributed by atoms with Crippen LogP contribution in [0.3, 0.4) is 0 Å². The zero-order valence-corrected chi connectivity index (χ0v) is 20.2. The lowest BCUT2D eigenvalue weighted by Crippen LogP contribution is -2.53. The fraction of sp³-hybridized carbons (Fsp3) is 0.640. The summed E-state index contributed by atoms with van der Waals surface area (Å²) < 4.78 is 5.25. The van der Waals surface area contributed by atoms with E-state index < -0.39 is 17.7 Å². The third-order valence-electron chi connectivity index (χ3n) is 5.54. The Hall–Kier alpha value is -2.57. The average Bonchev–Trinajstić information content (AvgIpc) is 2.67. The number of carbonyl (C=O) groups excluding carboxylic acids is 3. The molecular weight excluding hydrogens is 406 g/mol. The number of alkyl carbamates (subject to hydrolysis) is 1. The number of hydrogen-bond acceptors (Lipinski definition) is 4. The van der Waals surface area contributed by atoms with Crippen LogP contribution in [0, 0.1) is 6.92 Å². The molecule has 178 valence electrons. The van der Waals surface area contributed by atoms with Crippen LogP contribution in [-0.2, 0) is 14.3 Å². The van der Waals surface area contributed by atoms with Crippen LogP contribution in [0.25, 0.3) is 0 Å². The Morgan fingerprint density at radius 3 is 2.28 bits per heavy atom. The van der Waals surface area contributed by atoms with E-state index in [1.165, 1.54) is 0 Å². The monoisotopic (exact) mass is 445 g/mol. The Morgan fingerprint density at radius 2 is 1.75 bits per heavy atom. The Kier molecular flexibility index (Phi) is 9.54. The highest BCUT2D eigenvalue weighted by Crippen LogP contribution is 2.33. The smallest absolute Gasteiger partial charge is 0.408 e. The predicted molar refractivity (Wildman–Crippen MR) is 125 cm³/mol. The number of benzene rings is 1. The Balaban J connectivity index is 2.21. The van der Waals surface area contributed by atoms with Gasteiger partial charge in [0.2, 0.25) is 11.8 Å². The van der Waals surface area contributed by atoms with Gasteiger partial charge in [-0.2, -0.15) is 0 Å². The van der Waals surface area contributed by atoms with Crippen molar-refractivity contribution in [2.24, 2.45) is 0 Å². The molecule has 1 aliphatic carbocycles. The molecule has 0 bridgehead atoms. The molecule has 1 fully saturated rings. The van der Waals surface area contributed by atoms with Gasteiger partial charge < -0.3 is 20.3 Å². The van der Waals surface area contributed by atoms with Crippen molar-refractivity contribution in [1.82, 2.24) is 15.5 Å². The zero-order valence-electron chi connectivity index (χ0n) is 20.2. The summed E-state index contributed by atoms with van der Waals surface area (Å²) in [6.45, 7) is 9.78. The van der Waals surface area contributed by atoms with Gasteiger partial charge in [-0.1, -0.05) is 49.6 Å². The van der Waals surface area contributed by atoms with Gasteiger partial charge in [0.25, 0.3) is 0 Å². The largest absolute Gasteiger partial charge is 0.444 e. The molecule has 7 heteroatoms. The molecule has 7 nitrogen and oxygen atoms in total. The maximum Gasteiger partial charge on any atom is 0.408 e. The number of rotatable bonds is 10. The topological polar surface area (TPSA) is 87.7 Å². The van der Waals surface area contributed by atoms with Crippen molar-refractivity contribution in [2.75, 3.05) is 13.1 Å². The summed E-state index contributed by atoms with van der Waals surface area (Å²) in [5.74, 6) is -0.461. The third-order valence-corrected chi connectivity index (χ3v) is 5.54. The minimum absolute atomic E-state index is 0.0179. The fourth-order valence-corrected chi connectivity index (χ4v) is 3.65. The summed E-state index contributed by atoms with van der Waals surface area (Å²) in [7, 11) is 0. The summed E-state index contributed by atoms with van der Waals surface area (Å²) in [5.41, 5.74) is 1.22. The van der Waals surface area contributed by atoms with Crippen molar-refractivity contribution in [3.63, 3.8) is 0 Å². The van der Waals surface area contributed by atoms with E-state index in [2.05, 4.69) is 17.6 Å². The van der Waals surface area contributed by atoms with Crippen LogP contribution in [0.4, 0.5) is 4.79 Å². The summed E-state index contributed by atoms with van der Waals surface area (Å²) in [5, 5.41) is 5.57. The molecule has 1 aromatic carbocycles. The highest BCUT2D eigenvalue weighted by Gasteiger charge is 2.38. The Labute approximate surface area is 192 Å². The van der Waals surface area contributed by atoms with Crippen LogP contribution in [0.15, 0.2) is 24.3 Å². The van der Waals surface area contributed by atoms with E-state index in [0.717, 1.165) is 49.7 Å². The lowest BCUT2D eigenvalue weighted by molar-refractivity contribution is -0.145. The van der Waals surface area contributed by atoms with Crippen LogP contribution in [0.1, 0.15) is 83.4 Å². The minimum atomic E-state index is -0.726. The molecule has 2 rings (SSSR count). The first kappa shape index (κ1) is 25.7. The highest BCUT2D eigenvalue weighted by atomic mass is 16.6. The minimum Gasteiger partial charge on any atom is -0.444 e. The van der Waals surface area contributed by atoms with Gasteiger partial charge in [0.05, 0.1) is 0 Å². The van der Waals surface area contributed by atoms with Gasteiger partial charge in [-0.25, -0.2) is 4.79 Å². The molecule has 0 heterocycles. The standard InChI is InChI=1S/C25H39N3O4/c1-6-7-8-16-26-23(30)22(19-14-12-18(2)13-15-19)28(20-10-9-11-20)21(29)17-27-24(31)32-25(3,4)5/h12-15,20,22H,6-11,16-17H2,1-5H3,(H,26,30)(H,27,31). The van der Waals surface area contributed by atoms with Gasteiger partial charge in [-0.05, 0) is 58.9 Å². The molecule has 0 radical (unpaired) electrons. The van der Waals surface area contributed by atoms with Crippen molar-refractivity contribution in [3.8, 4) is 0 Å². The van der Waals surface area contributed by atoms with E-state index in [-0.39, 0.29) is 24.4 Å². The first-order valence-electron chi connectivity index (χ1n) is 11.7. The van der Waals surface area contributed by atoms with Crippen molar-refractivity contribution in [3.05, 3.63) is 35.4 Å². The number of amides is 3. The molecular formula is C25H39N3O4. The Morgan fingerprint density at radius 1 is 1.09 bits per heavy atom. The normalized spacial score (nSPS) is 14.8. The van der Waals surface area contributed by atoms with Crippen molar-refractivity contribution < 1.29 is 19.1 Å². The van der Waals surface area contributed by atoms with Crippen LogP contribution in [0.5, 0.6) is 0 Å². The molecule has 0 saturated heterocycles. The number of nitrogens with zero attached hydrogens (tertiary/aromatic N) is 1. The van der Waals surface area contributed by atoms with Gasteiger partial charge in [0.15, 0.2) is 0 Å². The van der Waals surface area contributed by atoms with E-state index >= 15 is 0 Å². The highest BCUT2D eigenvalue weighted by molar-refractivity contribution is 5.90. The maximum atomic E-state index is 13.3. The average molecular weight is 446 g/mol. The number of unbranched alkanes of at least 4 members (excludes halogenated alkanes) is 2. The summed E-state index contributed by atoms with van der Waals surface area (Å²) in [6.07, 6.45) is 5.09. The third kappa shape index (κ3) is 7.84. The molecule has 2 N–H and O–H groups in total. The van der Waals surface area contributed by atoms with Gasteiger partial charge in [-0.15, -0.1) is 0 Å². The van der Waals surface area contributed by atoms with E-state index in [1.807, 2.05) is 31.2 Å². The number of nitrogens with one attached hydrogen (secondary N) is 2. The Bertz CT molecular complexity index is 766. The van der Waals surface area contributed by atoms with E-state index in [0.29, 0.717) is 6.54 Å². The number of ether oxygens (including phenoxy) is 1. The molecule has 1 saturated carbocycles. The lowest BCUT2D eigenvalue weighted by Gasteiger charge is -2.42. The van der Waals surface area contributed by atoms with Gasteiger partial charge in [0, 0.05) is 12.6 Å². The van der Waals surface area contributed by atoms with E-state index in [4.69, 9.17) is 4.74 Å². The molecule has 1 aromatic rings. The number of hydrogen-bond donors (Lipinski definition) is 2. The second kappa shape index (κ2) is 11.9. The lowest BCUT2D eigenvalue weighted by atomic mass is 9.88. The van der Waals surface area contributed by atoms with Gasteiger partial charge in [-0.3, -0.25) is 9.59 Å². The van der Waals surface area contributed by atoms with E-state index in [9.17, 15) is 14.4 Å². The molecule has 1 aliphatic rings. The predicted octanol–water partition coefficient (Wildman–Crippen LogP) is 4.25.